The van der Waals surface area contributed by atoms with Gasteiger partial charge in [-0.15, -0.1) is 0 Å². The van der Waals surface area contributed by atoms with Gasteiger partial charge in [0.25, 0.3) is 5.91 Å². The molecular formula is C23H26N2O6. The normalized spacial score (nSPS) is 10.5. The number of urea groups is 1. The van der Waals surface area contributed by atoms with Gasteiger partial charge in [0.15, 0.2) is 24.7 Å². The Morgan fingerprint density at radius 3 is 2.42 bits per heavy atom. The van der Waals surface area contributed by atoms with Crippen molar-refractivity contribution < 1.29 is 28.6 Å². The number of hydrogen-bond acceptors (Lipinski definition) is 6. The van der Waals surface area contributed by atoms with Crippen LogP contribution in [-0.4, -0.2) is 38.2 Å². The average Bonchev–Trinajstić information content (AvgIpc) is 2.74. The zero-order valence-electron chi connectivity index (χ0n) is 18.0. The monoisotopic (exact) mass is 426 g/mol. The number of benzene rings is 2. The Kier molecular flexibility index (Phi) is 8.63. The second kappa shape index (κ2) is 11.4. The molecule has 8 nitrogen and oxygen atoms in total. The molecule has 0 heterocycles. The van der Waals surface area contributed by atoms with Gasteiger partial charge in [0.05, 0.1) is 7.11 Å². The molecule has 31 heavy (non-hydrogen) atoms. The lowest BCUT2D eigenvalue weighted by atomic mass is 10.1. The third kappa shape index (κ3) is 7.50. The van der Waals surface area contributed by atoms with E-state index in [1.54, 1.807) is 24.3 Å². The lowest BCUT2D eigenvalue weighted by Crippen LogP contribution is -2.37. The second-order valence-electron chi connectivity index (χ2n) is 6.66. The van der Waals surface area contributed by atoms with Crippen LogP contribution in [0.15, 0.2) is 42.5 Å². The molecule has 0 fully saturated rings. The van der Waals surface area contributed by atoms with Crippen LogP contribution in [0.25, 0.3) is 6.08 Å². The number of ether oxygens (including phenoxy) is 3. The van der Waals surface area contributed by atoms with Gasteiger partial charge in [0, 0.05) is 5.69 Å². The van der Waals surface area contributed by atoms with E-state index >= 15 is 0 Å². The Hall–Kier alpha value is -3.81. The number of aryl methyl sites for hydroxylation is 2. The number of methoxy groups -OCH3 is 1. The van der Waals surface area contributed by atoms with Crippen LogP contribution in [0.5, 0.6) is 11.5 Å². The van der Waals surface area contributed by atoms with Crippen molar-refractivity contribution in [3.8, 4) is 11.5 Å². The molecule has 0 aromatic heterocycles. The lowest BCUT2D eigenvalue weighted by Gasteiger charge is -2.11. The number of rotatable bonds is 8. The highest BCUT2D eigenvalue weighted by atomic mass is 16.6. The van der Waals surface area contributed by atoms with Gasteiger partial charge >= 0.3 is 12.0 Å². The second-order valence-corrected chi connectivity index (χ2v) is 6.66. The lowest BCUT2D eigenvalue weighted by molar-refractivity contribution is -0.150. The summed E-state index contributed by atoms with van der Waals surface area (Å²) in [7, 11) is 1.49. The summed E-state index contributed by atoms with van der Waals surface area (Å²) in [6.45, 7) is 4.74. The molecule has 3 amide bonds. The zero-order chi connectivity index (χ0) is 22.8. The molecule has 0 unspecified atom stereocenters. The predicted octanol–water partition coefficient (Wildman–Crippen LogP) is 3.62. The fourth-order valence-corrected chi connectivity index (χ4v) is 2.57. The predicted molar refractivity (Wildman–Crippen MR) is 117 cm³/mol. The zero-order valence-corrected chi connectivity index (χ0v) is 18.0. The van der Waals surface area contributed by atoms with E-state index in [1.165, 1.54) is 7.11 Å². The highest BCUT2D eigenvalue weighted by molar-refractivity contribution is 6.01. The fourth-order valence-electron chi connectivity index (χ4n) is 2.57. The van der Waals surface area contributed by atoms with Crippen molar-refractivity contribution >= 4 is 29.7 Å². The molecule has 0 aliphatic carbocycles. The molecule has 0 aliphatic rings. The van der Waals surface area contributed by atoms with Crippen LogP contribution in [0.1, 0.15) is 23.6 Å². The van der Waals surface area contributed by atoms with Crippen LogP contribution in [-0.2, 0) is 14.3 Å². The maximum atomic E-state index is 11.9. The SMILES string of the molecule is C/C=C/c1ccc(OCC(=O)OCC(=O)NC(=O)Nc2ccc(C)c(C)c2)c(OC)c1. The van der Waals surface area contributed by atoms with Gasteiger partial charge in [-0.25, -0.2) is 9.59 Å². The summed E-state index contributed by atoms with van der Waals surface area (Å²) in [6.07, 6.45) is 3.79. The third-order valence-electron chi connectivity index (χ3n) is 4.27. The topological polar surface area (TPSA) is 103 Å². The van der Waals surface area contributed by atoms with Crippen molar-refractivity contribution in [2.75, 3.05) is 25.6 Å². The van der Waals surface area contributed by atoms with Crippen molar-refractivity contribution in [2.24, 2.45) is 0 Å². The average molecular weight is 426 g/mol. The number of anilines is 1. The van der Waals surface area contributed by atoms with E-state index in [9.17, 15) is 14.4 Å². The fraction of sp³-hybridized carbons (Fsp3) is 0.261. The highest BCUT2D eigenvalue weighted by Crippen LogP contribution is 2.28. The van der Waals surface area contributed by atoms with Crippen molar-refractivity contribution in [1.29, 1.82) is 0 Å². The maximum absolute atomic E-state index is 11.9. The molecule has 0 bridgehead atoms. The largest absolute Gasteiger partial charge is 0.493 e. The van der Waals surface area contributed by atoms with Crippen molar-refractivity contribution in [3.05, 3.63) is 59.2 Å². The molecule has 2 aromatic carbocycles. The molecule has 0 aliphatic heterocycles. The number of hydrogen-bond donors (Lipinski definition) is 2. The summed E-state index contributed by atoms with van der Waals surface area (Å²) in [6, 6.07) is 9.90. The van der Waals surface area contributed by atoms with Crippen LogP contribution in [0.3, 0.4) is 0 Å². The summed E-state index contributed by atoms with van der Waals surface area (Å²) >= 11 is 0. The molecular weight excluding hydrogens is 400 g/mol. The number of amides is 3. The minimum absolute atomic E-state index is 0.366. The van der Waals surface area contributed by atoms with Crippen molar-refractivity contribution in [3.63, 3.8) is 0 Å². The molecule has 8 heteroatoms. The van der Waals surface area contributed by atoms with E-state index in [0.29, 0.717) is 17.2 Å². The summed E-state index contributed by atoms with van der Waals surface area (Å²) in [5, 5.41) is 4.64. The smallest absolute Gasteiger partial charge is 0.344 e. The highest BCUT2D eigenvalue weighted by Gasteiger charge is 2.13. The number of carbonyl (C=O) groups excluding carboxylic acids is 3. The minimum atomic E-state index is -0.761. The number of esters is 1. The number of carbonyl (C=O) groups is 3. The van der Waals surface area contributed by atoms with E-state index in [0.717, 1.165) is 16.7 Å². The third-order valence-corrected chi connectivity index (χ3v) is 4.27. The van der Waals surface area contributed by atoms with Crippen LogP contribution >= 0.6 is 0 Å². The van der Waals surface area contributed by atoms with Gasteiger partial charge in [-0.2, -0.15) is 0 Å². The van der Waals surface area contributed by atoms with Gasteiger partial charge in [-0.3, -0.25) is 10.1 Å². The van der Waals surface area contributed by atoms with E-state index in [2.05, 4.69) is 10.6 Å². The Labute approximate surface area is 181 Å². The number of nitrogens with one attached hydrogen (secondary N) is 2. The van der Waals surface area contributed by atoms with Gasteiger partial charge in [0.1, 0.15) is 0 Å². The Bertz CT molecular complexity index is 984. The van der Waals surface area contributed by atoms with E-state index in [-0.39, 0.29) is 0 Å². The van der Waals surface area contributed by atoms with Gasteiger partial charge < -0.3 is 19.5 Å². The molecule has 0 radical (unpaired) electrons. The molecule has 0 saturated heterocycles. The van der Waals surface area contributed by atoms with Crippen LogP contribution < -0.4 is 20.1 Å². The summed E-state index contributed by atoms with van der Waals surface area (Å²) < 4.78 is 15.5. The minimum Gasteiger partial charge on any atom is -0.493 e. The number of allylic oxidation sites excluding steroid dienone is 1. The van der Waals surface area contributed by atoms with Gasteiger partial charge in [-0.05, 0) is 61.7 Å². The van der Waals surface area contributed by atoms with Crippen molar-refractivity contribution in [2.45, 2.75) is 20.8 Å². The molecule has 0 saturated carbocycles. The van der Waals surface area contributed by atoms with Gasteiger partial charge in [0.2, 0.25) is 0 Å². The first-order chi connectivity index (χ1) is 14.8. The molecule has 164 valence electrons. The molecule has 2 N–H and O–H groups in total. The summed E-state index contributed by atoms with van der Waals surface area (Å²) in [5.74, 6) is -0.693. The molecule has 2 aromatic rings. The van der Waals surface area contributed by atoms with Gasteiger partial charge in [-0.1, -0.05) is 24.3 Å². The summed E-state index contributed by atoms with van der Waals surface area (Å²) in [5.41, 5.74) is 3.56. The van der Waals surface area contributed by atoms with E-state index in [1.807, 2.05) is 45.1 Å². The molecule has 2 rings (SSSR count). The van der Waals surface area contributed by atoms with E-state index < -0.39 is 31.1 Å². The Balaban J connectivity index is 1.77. The van der Waals surface area contributed by atoms with Crippen LogP contribution in [0, 0.1) is 13.8 Å². The Morgan fingerprint density at radius 2 is 1.74 bits per heavy atom. The Morgan fingerprint density at radius 1 is 0.968 bits per heavy atom. The molecule has 0 spiro atoms. The standard InChI is InChI=1S/C23H26N2O6/c1-5-6-17-8-10-19(20(12-17)29-4)30-14-22(27)31-13-21(26)25-23(28)24-18-9-7-15(2)16(3)11-18/h5-12H,13-14H2,1-4H3,(H2,24,25,26,28)/b6-5+. The quantitative estimate of drug-likeness (QED) is 0.625. The maximum Gasteiger partial charge on any atom is 0.344 e. The van der Waals surface area contributed by atoms with Crippen LogP contribution in [0.2, 0.25) is 0 Å². The summed E-state index contributed by atoms with van der Waals surface area (Å²) in [4.78, 5) is 35.6. The first kappa shape index (κ1) is 23.5. The van der Waals surface area contributed by atoms with Crippen molar-refractivity contribution in [1.82, 2.24) is 5.32 Å². The first-order valence-electron chi connectivity index (χ1n) is 9.59. The first-order valence-corrected chi connectivity index (χ1v) is 9.59. The van der Waals surface area contributed by atoms with E-state index in [4.69, 9.17) is 14.2 Å². The molecule has 0 atom stereocenters. The van der Waals surface area contributed by atoms with Crippen LogP contribution in [0.4, 0.5) is 10.5 Å². The number of imide groups is 1.